The molecule has 0 radical (unpaired) electrons. The van der Waals surface area contributed by atoms with Crippen LogP contribution >= 0.6 is 11.8 Å². The summed E-state index contributed by atoms with van der Waals surface area (Å²) in [4.78, 5) is 4.65. The fraction of sp³-hybridized carbons (Fsp3) is 0.357. The summed E-state index contributed by atoms with van der Waals surface area (Å²) in [6.45, 7) is 6.71. The second kappa shape index (κ2) is 4.96. The standard InChI is InChI=1S/C14H18N2S/c1-9(2)10(3)17-14-7-4-11-8-12(15)5-6-13(11)16-14/h4-10H,15H2,1-3H3. The first-order chi connectivity index (χ1) is 8.06. The van der Waals surface area contributed by atoms with Gasteiger partial charge in [0.2, 0.25) is 0 Å². The Bertz CT molecular complexity index is 523. The van der Waals surface area contributed by atoms with Crippen molar-refractivity contribution in [1.82, 2.24) is 4.98 Å². The highest BCUT2D eigenvalue weighted by atomic mass is 32.2. The number of thioether (sulfide) groups is 1. The first-order valence-electron chi connectivity index (χ1n) is 5.89. The first kappa shape index (κ1) is 12.2. The number of nitrogens with two attached hydrogens (primary N) is 1. The molecule has 1 aromatic heterocycles. The van der Waals surface area contributed by atoms with E-state index in [1.54, 1.807) is 0 Å². The largest absolute Gasteiger partial charge is 0.399 e. The van der Waals surface area contributed by atoms with Crippen molar-refractivity contribution in [2.75, 3.05) is 5.73 Å². The minimum absolute atomic E-state index is 0.578. The highest BCUT2D eigenvalue weighted by molar-refractivity contribution is 7.99. The van der Waals surface area contributed by atoms with Gasteiger partial charge in [-0.25, -0.2) is 4.98 Å². The van der Waals surface area contributed by atoms with Gasteiger partial charge in [-0.15, -0.1) is 11.8 Å². The van der Waals surface area contributed by atoms with Gasteiger partial charge in [-0.1, -0.05) is 26.8 Å². The number of hydrogen-bond donors (Lipinski definition) is 1. The first-order valence-corrected chi connectivity index (χ1v) is 6.77. The lowest BCUT2D eigenvalue weighted by Gasteiger charge is -2.14. The van der Waals surface area contributed by atoms with E-state index in [1.165, 1.54) is 0 Å². The maximum atomic E-state index is 5.75. The third kappa shape index (κ3) is 2.91. The Kier molecular flexibility index (Phi) is 3.57. The molecule has 0 aliphatic heterocycles. The molecule has 17 heavy (non-hydrogen) atoms. The van der Waals surface area contributed by atoms with Gasteiger partial charge in [0.15, 0.2) is 0 Å². The van der Waals surface area contributed by atoms with Crippen LogP contribution in [-0.4, -0.2) is 10.2 Å². The molecule has 2 nitrogen and oxygen atoms in total. The summed E-state index contributed by atoms with van der Waals surface area (Å²) in [6.07, 6.45) is 0. The van der Waals surface area contributed by atoms with Crippen molar-refractivity contribution in [3.8, 4) is 0 Å². The normalized spacial score (nSPS) is 13.2. The smallest absolute Gasteiger partial charge is 0.0970 e. The van der Waals surface area contributed by atoms with Gasteiger partial charge in [-0.2, -0.15) is 0 Å². The van der Waals surface area contributed by atoms with Gasteiger partial charge in [-0.3, -0.25) is 0 Å². The van der Waals surface area contributed by atoms with Crippen molar-refractivity contribution >= 4 is 28.4 Å². The fourth-order valence-corrected chi connectivity index (χ4v) is 2.47. The zero-order valence-electron chi connectivity index (χ0n) is 10.5. The van der Waals surface area contributed by atoms with Crippen LogP contribution < -0.4 is 5.73 Å². The number of anilines is 1. The Balaban J connectivity index is 2.29. The lowest BCUT2D eigenvalue weighted by molar-refractivity contribution is 0.641. The van der Waals surface area contributed by atoms with Gasteiger partial charge in [0.05, 0.1) is 10.5 Å². The van der Waals surface area contributed by atoms with Crippen LogP contribution in [0, 0.1) is 5.92 Å². The molecule has 3 heteroatoms. The third-order valence-corrected chi connectivity index (χ3v) is 4.32. The van der Waals surface area contributed by atoms with Gasteiger partial charge < -0.3 is 5.73 Å². The van der Waals surface area contributed by atoms with Gasteiger partial charge in [0.1, 0.15) is 0 Å². The summed E-state index contributed by atoms with van der Waals surface area (Å²) in [6, 6.07) is 10.0. The fourth-order valence-electron chi connectivity index (χ4n) is 1.52. The molecule has 0 aliphatic carbocycles. The molecule has 1 aromatic carbocycles. The molecule has 2 N–H and O–H groups in total. The maximum absolute atomic E-state index is 5.75. The highest BCUT2D eigenvalue weighted by Gasteiger charge is 2.09. The molecule has 2 aromatic rings. The Labute approximate surface area is 107 Å². The summed E-state index contributed by atoms with van der Waals surface area (Å²) in [5.41, 5.74) is 7.55. The number of hydrogen-bond acceptors (Lipinski definition) is 3. The average Bonchev–Trinajstić information content (AvgIpc) is 2.29. The molecule has 0 bridgehead atoms. The number of nitrogen functional groups attached to an aromatic ring is 1. The predicted octanol–water partition coefficient (Wildman–Crippen LogP) is 3.95. The van der Waals surface area contributed by atoms with Gasteiger partial charge in [0, 0.05) is 16.3 Å². The molecule has 1 heterocycles. The minimum Gasteiger partial charge on any atom is -0.399 e. The molecular weight excluding hydrogens is 228 g/mol. The Morgan fingerprint density at radius 3 is 2.59 bits per heavy atom. The third-order valence-electron chi connectivity index (χ3n) is 2.93. The molecular formula is C14H18N2S. The van der Waals surface area contributed by atoms with E-state index in [4.69, 9.17) is 5.73 Å². The quantitative estimate of drug-likeness (QED) is 0.658. The highest BCUT2D eigenvalue weighted by Crippen LogP contribution is 2.28. The Morgan fingerprint density at radius 1 is 1.12 bits per heavy atom. The predicted molar refractivity (Wildman–Crippen MR) is 76.3 cm³/mol. The number of benzene rings is 1. The van der Waals surface area contributed by atoms with Crippen molar-refractivity contribution in [3.63, 3.8) is 0 Å². The van der Waals surface area contributed by atoms with Crippen molar-refractivity contribution in [2.45, 2.75) is 31.0 Å². The molecule has 0 fully saturated rings. The number of aromatic nitrogens is 1. The van der Waals surface area contributed by atoms with Crippen molar-refractivity contribution in [2.24, 2.45) is 5.92 Å². The lowest BCUT2D eigenvalue weighted by atomic mass is 10.2. The molecule has 2 rings (SSSR count). The summed E-state index contributed by atoms with van der Waals surface area (Å²) in [5.74, 6) is 0.656. The number of pyridine rings is 1. The van der Waals surface area contributed by atoms with Crippen LogP contribution in [0.25, 0.3) is 10.9 Å². The molecule has 0 saturated carbocycles. The topological polar surface area (TPSA) is 38.9 Å². The molecule has 0 spiro atoms. The van der Waals surface area contributed by atoms with Gasteiger partial charge in [0.25, 0.3) is 0 Å². The number of fused-ring (bicyclic) bond motifs is 1. The van der Waals surface area contributed by atoms with E-state index < -0.39 is 0 Å². The summed E-state index contributed by atoms with van der Waals surface area (Å²) < 4.78 is 0. The van der Waals surface area contributed by atoms with Crippen molar-refractivity contribution in [3.05, 3.63) is 30.3 Å². The molecule has 1 unspecified atom stereocenters. The Hall–Kier alpha value is -1.22. The van der Waals surface area contributed by atoms with Gasteiger partial charge in [-0.05, 0) is 30.2 Å². The molecule has 0 aliphatic rings. The summed E-state index contributed by atoms with van der Waals surface area (Å²) in [7, 11) is 0. The van der Waals surface area contributed by atoms with E-state index >= 15 is 0 Å². The lowest BCUT2D eigenvalue weighted by Crippen LogP contribution is -2.05. The molecule has 0 saturated heterocycles. The summed E-state index contributed by atoms with van der Waals surface area (Å²) >= 11 is 1.83. The van der Waals surface area contributed by atoms with Crippen LogP contribution in [0.15, 0.2) is 35.4 Å². The molecule has 1 atom stereocenters. The Morgan fingerprint density at radius 2 is 1.88 bits per heavy atom. The van der Waals surface area contributed by atoms with E-state index in [-0.39, 0.29) is 0 Å². The van der Waals surface area contributed by atoms with Crippen molar-refractivity contribution in [1.29, 1.82) is 0 Å². The van der Waals surface area contributed by atoms with E-state index in [0.717, 1.165) is 21.6 Å². The van der Waals surface area contributed by atoms with E-state index in [1.807, 2.05) is 30.0 Å². The molecule has 90 valence electrons. The van der Waals surface area contributed by atoms with E-state index in [0.29, 0.717) is 11.2 Å². The van der Waals surface area contributed by atoms with Crippen LogP contribution in [0.1, 0.15) is 20.8 Å². The summed E-state index contributed by atoms with van der Waals surface area (Å²) in [5, 5.41) is 2.77. The van der Waals surface area contributed by atoms with Crippen molar-refractivity contribution < 1.29 is 0 Å². The van der Waals surface area contributed by atoms with Crippen LogP contribution in [0.4, 0.5) is 5.69 Å². The van der Waals surface area contributed by atoms with Crippen LogP contribution in [0.2, 0.25) is 0 Å². The minimum atomic E-state index is 0.578. The zero-order valence-corrected chi connectivity index (χ0v) is 11.3. The monoisotopic (exact) mass is 246 g/mol. The second-order valence-electron chi connectivity index (χ2n) is 4.67. The zero-order chi connectivity index (χ0) is 12.4. The maximum Gasteiger partial charge on any atom is 0.0970 e. The molecule has 0 amide bonds. The van der Waals surface area contributed by atoms with E-state index in [2.05, 4.69) is 37.9 Å². The second-order valence-corrected chi connectivity index (χ2v) is 6.07. The van der Waals surface area contributed by atoms with Crippen LogP contribution in [0.5, 0.6) is 0 Å². The average molecular weight is 246 g/mol. The SMILES string of the molecule is CC(C)C(C)Sc1ccc2cc(N)ccc2n1. The van der Waals surface area contributed by atoms with Crippen LogP contribution in [0.3, 0.4) is 0 Å². The number of nitrogens with zero attached hydrogens (tertiary/aromatic N) is 1. The van der Waals surface area contributed by atoms with E-state index in [9.17, 15) is 0 Å². The number of rotatable bonds is 3. The van der Waals surface area contributed by atoms with Gasteiger partial charge >= 0.3 is 0 Å². The van der Waals surface area contributed by atoms with Crippen LogP contribution in [-0.2, 0) is 0 Å².